The molecule has 0 radical (unpaired) electrons. The molecule has 0 aliphatic rings. The van der Waals surface area contributed by atoms with Gasteiger partial charge in [-0.1, -0.05) is 72.8 Å². The van der Waals surface area contributed by atoms with Crippen molar-refractivity contribution in [3.8, 4) is 5.75 Å². The molecular formula is C33H42N6O. The van der Waals surface area contributed by atoms with Gasteiger partial charge in [-0.25, -0.2) is 0 Å². The second-order valence-electron chi connectivity index (χ2n) is 11.2. The second kappa shape index (κ2) is 11.1. The maximum atomic E-state index is 11.9. The molecule has 4 aromatic carbocycles. The van der Waals surface area contributed by atoms with Crippen LogP contribution in [0.5, 0.6) is 5.75 Å². The first-order chi connectivity index (χ1) is 18.9. The van der Waals surface area contributed by atoms with Crippen molar-refractivity contribution in [1.29, 1.82) is 0 Å². The lowest BCUT2D eigenvalue weighted by molar-refractivity contribution is 0.424. The second-order valence-corrected chi connectivity index (χ2v) is 11.2. The summed E-state index contributed by atoms with van der Waals surface area (Å²) in [5.74, 6) is 0.0153. The molecule has 3 unspecified atom stereocenters. The molecule has 0 saturated heterocycles. The van der Waals surface area contributed by atoms with Crippen molar-refractivity contribution in [2.75, 3.05) is 0 Å². The number of benzene rings is 4. The average molecular weight is 539 g/mol. The van der Waals surface area contributed by atoms with Crippen LogP contribution in [0, 0.1) is 0 Å². The van der Waals surface area contributed by atoms with Gasteiger partial charge in [0.2, 0.25) is 0 Å². The van der Waals surface area contributed by atoms with Crippen LogP contribution < -0.4 is 34.4 Å². The van der Waals surface area contributed by atoms with Crippen LogP contribution in [0.15, 0.2) is 84.9 Å². The third-order valence-corrected chi connectivity index (χ3v) is 8.12. The first-order valence-electron chi connectivity index (χ1n) is 13.5. The zero-order valence-electron chi connectivity index (χ0n) is 23.6. The summed E-state index contributed by atoms with van der Waals surface area (Å²) in [7, 11) is 0. The maximum absolute atomic E-state index is 11.9. The van der Waals surface area contributed by atoms with E-state index in [0.717, 1.165) is 38.9 Å². The molecule has 0 aliphatic heterocycles. The summed E-state index contributed by atoms with van der Waals surface area (Å²) in [6, 6.07) is 27.2. The normalized spacial score (nSPS) is 16.1. The summed E-state index contributed by atoms with van der Waals surface area (Å²) in [5, 5.41) is 11.9. The minimum absolute atomic E-state index is 0.0153. The van der Waals surface area contributed by atoms with E-state index in [0.29, 0.717) is 30.8 Å². The van der Waals surface area contributed by atoms with E-state index in [4.69, 9.17) is 34.4 Å². The lowest BCUT2D eigenvalue weighted by atomic mass is 9.74. The monoisotopic (exact) mass is 538 g/mol. The molecule has 0 saturated carbocycles. The van der Waals surface area contributed by atoms with Crippen LogP contribution in [-0.4, -0.2) is 5.11 Å². The molecule has 0 spiro atoms. The van der Waals surface area contributed by atoms with E-state index in [1.807, 2.05) is 106 Å². The molecule has 7 heteroatoms. The first kappa shape index (κ1) is 29.4. The summed E-state index contributed by atoms with van der Waals surface area (Å²) >= 11 is 0. The number of phenolic OH excluding ortho intramolecular Hbond substituents is 1. The fourth-order valence-electron chi connectivity index (χ4n) is 5.27. The fourth-order valence-corrected chi connectivity index (χ4v) is 5.27. The zero-order valence-corrected chi connectivity index (χ0v) is 23.6. The van der Waals surface area contributed by atoms with E-state index in [1.165, 1.54) is 0 Å². The summed E-state index contributed by atoms with van der Waals surface area (Å²) in [4.78, 5) is 0. The highest BCUT2D eigenvalue weighted by molar-refractivity contribution is 5.58. The SMILES string of the molecule is CC(N)(c1cccc(CN)c1)c1cc(C(C)(N)c2cccc(CN)c2)c(O)c(C(C)(N)c2cccc(CN)c2)c1. The largest absolute Gasteiger partial charge is 0.507 e. The molecule has 4 rings (SSSR count). The van der Waals surface area contributed by atoms with E-state index in [2.05, 4.69) is 0 Å². The Bertz CT molecular complexity index is 1430. The van der Waals surface area contributed by atoms with Crippen molar-refractivity contribution in [3.05, 3.63) is 135 Å². The number of phenols is 1. The van der Waals surface area contributed by atoms with Crippen LogP contribution in [-0.2, 0) is 36.3 Å². The highest BCUT2D eigenvalue weighted by Gasteiger charge is 2.37. The van der Waals surface area contributed by atoms with Gasteiger partial charge in [-0.3, -0.25) is 0 Å². The van der Waals surface area contributed by atoms with Crippen molar-refractivity contribution < 1.29 is 5.11 Å². The van der Waals surface area contributed by atoms with Gasteiger partial charge in [0.15, 0.2) is 0 Å². The number of hydrogen-bond donors (Lipinski definition) is 7. The number of rotatable bonds is 9. The average Bonchev–Trinajstić information content (AvgIpc) is 2.96. The van der Waals surface area contributed by atoms with E-state index < -0.39 is 16.6 Å². The van der Waals surface area contributed by atoms with Gasteiger partial charge in [-0.05, 0) is 71.8 Å². The van der Waals surface area contributed by atoms with E-state index in [-0.39, 0.29) is 5.75 Å². The van der Waals surface area contributed by atoms with Crippen molar-refractivity contribution in [2.24, 2.45) is 34.4 Å². The van der Waals surface area contributed by atoms with Crippen molar-refractivity contribution in [3.63, 3.8) is 0 Å². The Labute approximate surface area is 237 Å². The van der Waals surface area contributed by atoms with Gasteiger partial charge in [-0.15, -0.1) is 0 Å². The van der Waals surface area contributed by atoms with Gasteiger partial charge in [-0.2, -0.15) is 0 Å². The highest BCUT2D eigenvalue weighted by atomic mass is 16.3. The van der Waals surface area contributed by atoms with Crippen LogP contribution in [0.2, 0.25) is 0 Å². The van der Waals surface area contributed by atoms with Gasteiger partial charge >= 0.3 is 0 Å². The first-order valence-corrected chi connectivity index (χ1v) is 13.5. The Kier molecular flexibility index (Phi) is 8.19. The smallest absolute Gasteiger partial charge is 0.126 e. The van der Waals surface area contributed by atoms with Gasteiger partial charge in [0.1, 0.15) is 5.75 Å². The predicted molar refractivity (Wildman–Crippen MR) is 163 cm³/mol. The summed E-state index contributed by atoms with van der Waals surface area (Å²) < 4.78 is 0. The number of nitrogens with two attached hydrogens (primary N) is 6. The Hall–Kier alpha value is -3.56. The quantitative estimate of drug-likeness (QED) is 0.171. The molecule has 0 amide bonds. The number of aromatic hydroxyl groups is 1. The topological polar surface area (TPSA) is 176 Å². The molecule has 0 aliphatic carbocycles. The predicted octanol–water partition coefficient (Wildman–Crippen LogP) is 3.43. The van der Waals surface area contributed by atoms with Crippen LogP contribution in [0.4, 0.5) is 0 Å². The zero-order chi connectivity index (χ0) is 29.3. The molecule has 210 valence electrons. The third kappa shape index (κ3) is 5.40. The molecule has 3 atom stereocenters. The molecule has 40 heavy (non-hydrogen) atoms. The maximum Gasteiger partial charge on any atom is 0.126 e. The molecule has 13 N–H and O–H groups in total. The highest BCUT2D eigenvalue weighted by Crippen LogP contribution is 2.44. The Balaban J connectivity index is 2.01. The Morgan fingerprint density at radius 1 is 0.500 bits per heavy atom. The molecule has 7 nitrogen and oxygen atoms in total. The van der Waals surface area contributed by atoms with Crippen molar-refractivity contribution in [2.45, 2.75) is 57.0 Å². The summed E-state index contributed by atoms with van der Waals surface area (Å²) in [5.41, 5.74) is 43.0. The van der Waals surface area contributed by atoms with E-state index in [9.17, 15) is 5.11 Å². The van der Waals surface area contributed by atoms with Crippen LogP contribution in [0.1, 0.15) is 70.8 Å². The Morgan fingerprint density at radius 2 is 0.825 bits per heavy atom. The van der Waals surface area contributed by atoms with Gasteiger partial charge < -0.3 is 39.5 Å². The van der Waals surface area contributed by atoms with E-state index in [1.54, 1.807) is 0 Å². The minimum atomic E-state index is -1.09. The molecular weight excluding hydrogens is 496 g/mol. The lowest BCUT2D eigenvalue weighted by Crippen LogP contribution is -2.40. The summed E-state index contributed by atoms with van der Waals surface area (Å²) in [6.45, 7) is 6.82. The van der Waals surface area contributed by atoms with Crippen molar-refractivity contribution >= 4 is 0 Å². The fraction of sp³-hybridized carbons (Fsp3) is 0.273. The molecule has 0 aromatic heterocycles. The molecule has 0 heterocycles. The molecule has 0 bridgehead atoms. The van der Waals surface area contributed by atoms with Crippen molar-refractivity contribution in [1.82, 2.24) is 0 Å². The summed E-state index contributed by atoms with van der Waals surface area (Å²) in [6.07, 6.45) is 0. The number of hydrogen-bond acceptors (Lipinski definition) is 7. The van der Waals surface area contributed by atoms with Crippen LogP contribution in [0.25, 0.3) is 0 Å². The minimum Gasteiger partial charge on any atom is -0.507 e. The Morgan fingerprint density at radius 3 is 1.15 bits per heavy atom. The van der Waals surface area contributed by atoms with Crippen LogP contribution >= 0.6 is 0 Å². The van der Waals surface area contributed by atoms with Gasteiger partial charge in [0.25, 0.3) is 0 Å². The van der Waals surface area contributed by atoms with Gasteiger partial charge in [0.05, 0.1) is 16.6 Å². The van der Waals surface area contributed by atoms with Gasteiger partial charge in [0, 0.05) is 30.8 Å². The molecule has 4 aromatic rings. The lowest BCUT2D eigenvalue weighted by Gasteiger charge is -2.36. The van der Waals surface area contributed by atoms with E-state index >= 15 is 0 Å². The van der Waals surface area contributed by atoms with Crippen LogP contribution in [0.3, 0.4) is 0 Å². The standard InChI is InChI=1S/C33H42N6O/c1-31(37,24-10-4-7-21(13-24)18-34)27-16-28(32(2,38)25-11-5-8-22(14-25)19-35)30(40)29(17-27)33(3,39)26-12-6-9-23(15-26)20-36/h4-17,40H,18-20,34-39H2,1-3H3. The third-order valence-electron chi connectivity index (χ3n) is 8.12. The molecule has 0 fully saturated rings.